The Morgan fingerprint density at radius 2 is 1.46 bits per heavy atom. The van der Waals surface area contributed by atoms with E-state index in [9.17, 15) is 8.78 Å². The van der Waals surface area contributed by atoms with Crippen LogP contribution in [0.4, 0.5) is 8.78 Å². The van der Waals surface area contributed by atoms with Crippen LogP contribution in [0.2, 0.25) is 13.3 Å². The minimum absolute atomic E-state index is 0.242. The van der Waals surface area contributed by atoms with Crippen LogP contribution >= 0.6 is 22.7 Å². The van der Waals surface area contributed by atoms with Crippen LogP contribution in [0.3, 0.4) is 0 Å². The van der Waals surface area contributed by atoms with Crippen molar-refractivity contribution >= 4 is 43.9 Å². The summed E-state index contributed by atoms with van der Waals surface area (Å²) in [5.74, 6) is -2.78. The molecule has 2 aromatic heterocycles. The first kappa shape index (κ1) is 20.8. The van der Waals surface area contributed by atoms with Crippen LogP contribution in [-0.4, -0.2) is 18.4 Å². The first-order valence-electron chi connectivity index (χ1n) is 10.1. The molecule has 0 fully saturated rings. The Morgan fingerprint density at radius 1 is 0.885 bits per heavy atom. The second-order valence-corrected chi connectivity index (χ2v) is 23.8. The Balaban J connectivity index is 2.04. The molecular formula is C21H30F2S2Sn. The van der Waals surface area contributed by atoms with Crippen molar-refractivity contribution in [2.75, 3.05) is 0 Å². The summed E-state index contributed by atoms with van der Waals surface area (Å²) >= 11 is 0.625. The van der Waals surface area contributed by atoms with E-state index in [-0.39, 0.29) is 5.56 Å². The van der Waals surface area contributed by atoms with E-state index < -0.39 is 24.3 Å². The molecule has 0 unspecified atom stereocenters. The van der Waals surface area contributed by atoms with Gasteiger partial charge in [0.05, 0.1) is 0 Å². The van der Waals surface area contributed by atoms with Crippen LogP contribution in [0.15, 0.2) is 17.5 Å². The van der Waals surface area contributed by atoms with E-state index in [2.05, 4.69) is 20.8 Å². The van der Waals surface area contributed by atoms with Crippen molar-refractivity contribution in [2.45, 2.75) is 78.5 Å². The molecular weight excluding hydrogens is 473 g/mol. The molecule has 1 aliphatic rings. The van der Waals surface area contributed by atoms with E-state index in [0.29, 0.717) is 5.56 Å². The van der Waals surface area contributed by atoms with Gasteiger partial charge in [-0.25, -0.2) is 0 Å². The van der Waals surface area contributed by atoms with Crippen molar-refractivity contribution in [1.29, 1.82) is 0 Å². The molecule has 0 saturated heterocycles. The summed E-state index contributed by atoms with van der Waals surface area (Å²) in [5, 5.41) is 1.82. The Hall–Kier alpha value is 0.0587. The minimum atomic E-state index is -2.78. The molecule has 0 atom stereocenters. The van der Waals surface area contributed by atoms with Gasteiger partial charge in [0, 0.05) is 0 Å². The van der Waals surface area contributed by atoms with Crippen molar-refractivity contribution in [3.05, 3.63) is 28.6 Å². The van der Waals surface area contributed by atoms with Crippen LogP contribution in [0.5, 0.6) is 0 Å². The second kappa shape index (κ2) is 8.60. The van der Waals surface area contributed by atoms with E-state index in [4.69, 9.17) is 0 Å². The molecule has 2 heterocycles. The molecule has 0 saturated carbocycles. The Kier molecular flexibility index (Phi) is 6.88. The third-order valence-electron chi connectivity index (χ3n) is 5.83. The number of thiophene rings is 2. The maximum atomic E-state index is 15.0. The zero-order valence-electron chi connectivity index (χ0n) is 16.2. The monoisotopic (exact) mass is 504 g/mol. The van der Waals surface area contributed by atoms with Gasteiger partial charge in [0.25, 0.3) is 0 Å². The summed E-state index contributed by atoms with van der Waals surface area (Å²) in [4.78, 5) is 1.73. The molecule has 0 aromatic carbocycles. The summed E-state index contributed by atoms with van der Waals surface area (Å²) < 4.78 is 35.4. The standard InChI is InChI=1S/C9H3F2S2.3C4H9.Sn/c10-9(11)5-1-3-12-7(5)8-6(9)2-4-13-8;3*1-3-4-2;/h1-3H;3*1,3-4H2,2H3;. The SMILES string of the molecule is CCC[CH2][Sn]([CH2]CCC)([CH2]CCC)[c]1cc2c(s1)-c1sccc1C2(F)F. The van der Waals surface area contributed by atoms with E-state index in [0.717, 1.165) is 9.75 Å². The zero-order valence-corrected chi connectivity index (χ0v) is 20.7. The van der Waals surface area contributed by atoms with Crippen molar-refractivity contribution in [1.82, 2.24) is 0 Å². The summed E-state index contributed by atoms with van der Waals surface area (Å²) in [6, 6.07) is 3.60. The van der Waals surface area contributed by atoms with Gasteiger partial charge in [0.15, 0.2) is 0 Å². The predicted octanol–water partition coefficient (Wildman–Crippen LogP) is 7.99. The average molecular weight is 503 g/mol. The fraction of sp³-hybridized carbons (Fsp3) is 0.619. The van der Waals surface area contributed by atoms with Gasteiger partial charge in [0.2, 0.25) is 0 Å². The van der Waals surface area contributed by atoms with Gasteiger partial charge in [-0.3, -0.25) is 0 Å². The van der Waals surface area contributed by atoms with Gasteiger partial charge in [0.1, 0.15) is 0 Å². The molecule has 0 radical (unpaired) electrons. The fourth-order valence-corrected chi connectivity index (χ4v) is 25.6. The molecule has 3 rings (SSSR count). The summed E-state index contributed by atoms with van der Waals surface area (Å²) in [6.45, 7) is 6.78. The fourth-order valence-electron chi connectivity index (χ4n) is 4.22. The number of rotatable bonds is 10. The third kappa shape index (κ3) is 3.67. The third-order valence-corrected chi connectivity index (χ3v) is 26.3. The first-order chi connectivity index (χ1) is 12.5. The van der Waals surface area contributed by atoms with Crippen LogP contribution < -0.4 is 2.89 Å². The summed E-state index contributed by atoms with van der Waals surface area (Å²) in [5.41, 5.74) is 0.566. The zero-order chi connectivity index (χ0) is 18.8. The average Bonchev–Trinajstić information content (AvgIpc) is 3.31. The molecule has 1 aliphatic carbocycles. The van der Waals surface area contributed by atoms with Crippen LogP contribution in [0.1, 0.15) is 70.4 Å². The van der Waals surface area contributed by atoms with E-state index in [1.165, 1.54) is 66.1 Å². The molecule has 0 bridgehead atoms. The molecule has 0 spiro atoms. The number of unbranched alkanes of at least 4 members (excludes halogenated alkanes) is 3. The van der Waals surface area contributed by atoms with Crippen LogP contribution in [0, 0.1) is 0 Å². The van der Waals surface area contributed by atoms with Crippen molar-refractivity contribution < 1.29 is 8.78 Å². The van der Waals surface area contributed by atoms with E-state index >= 15 is 0 Å². The predicted molar refractivity (Wildman–Crippen MR) is 115 cm³/mol. The van der Waals surface area contributed by atoms with Crippen molar-refractivity contribution in [2.24, 2.45) is 0 Å². The molecule has 0 aliphatic heterocycles. The van der Waals surface area contributed by atoms with Gasteiger partial charge in [-0.2, -0.15) is 0 Å². The summed E-state index contributed by atoms with van der Waals surface area (Å²) in [7, 11) is 0. The Bertz CT molecular complexity index is 710. The van der Waals surface area contributed by atoms with Gasteiger partial charge in [-0.15, -0.1) is 0 Å². The number of hydrogen-bond acceptors (Lipinski definition) is 2. The number of halogens is 2. The Labute approximate surface area is 168 Å². The summed E-state index contributed by atoms with van der Waals surface area (Å²) in [6.07, 6.45) is 7.46. The molecule has 0 amide bonds. The first-order valence-corrected chi connectivity index (χ1v) is 19.3. The molecule has 0 nitrogen and oxygen atoms in total. The van der Waals surface area contributed by atoms with Crippen LogP contribution in [0.25, 0.3) is 9.75 Å². The second-order valence-electron chi connectivity index (χ2n) is 7.68. The van der Waals surface area contributed by atoms with Crippen molar-refractivity contribution in [3.63, 3.8) is 0 Å². The number of fused-ring (bicyclic) bond motifs is 3. The van der Waals surface area contributed by atoms with E-state index in [1.807, 2.05) is 11.4 Å². The molecule has 2 aromatic rings. The van der Waals surface area contributed by atoms with Crippen LogP contribution in [-0.2, 0) is 5.92 Å². The molecule has 144 valence electrons. The molecule has 0 N–H and O–H groups in total. The van der Waals surface area contributed by atoms with Crippen molar-refractivity contribution in [3.8, 4) is 9.75 Å². The number of alkyl halides is 2. The van der Waals surface area contributed by atoms with Gasteiger partial charge < -0.3 is 0 Å². The molecule has 26 heavy (non-hydrogen) atoms. The topological polar surface area (TPSA) is 0 Å². The van der Waals surface area contributed by atoms with Gasteiger partial charge in [-0.1, -0.05) is 0 Å². The van der Waals surface area contributed by atoms with Gasteiger partial charge >= 0.3 is 170 Å². The Morgan fingerprint density at radius 3 is 2.00 bits per heavy atom. The quantitative estimate of drug-likeness (QED) is 0.289. The van der Waals surface area contributed by atoms with E-state index in [1.54, 1.807) is 17.4 Å². The normalized spacial score (nSPS) is 15.3. The molecule has 5 heteroatoms. The van der Waals surface area contributed by atoms with Gasteiger partial charge in [-0.05, 0) is 0 Å². The maximum absolute atomic E-state index is 15.0. The number of hydrogen-bond donors (Lipinski definition) is 0.